The van der Waals surface area contributed by atoms with Crippen molar-refractivity contribution in [2.45, 2.75) is 108 Å². The molecule has 3 aliphatic heterocycles. The van der Waals surface area contributed by atoms with Crippen LogP contribution in [0.4, 0.5) is 17.2 Å². The fraction of sp³-hybridized carbons (Fsp3) is 0.533. The van der Waals surface area contributed by atoms with Gasteiger partial charge < -0.3 is 29.9 Å². The molecule has 11 heteroatoms. The fourth-order valence-corrected chi connectivity index (χ4v) is 11.3. The number of rotatable bonds is 8. The number of fused-ring (bicyclic) bond motifs is 3. The summed E-state index contributed by atoms with van der Waals surface area (Å²) in [5, 5.41) is 6.34. The number of imidazole rings is 1. The third kappa shape index (κ3) is 5.21. The van der Waals surface area contributed by atoms with Gasteiger partial charge in [-0.05, 0) is 132 Å². The van der Waals surface area contributed by atoms with Crippen molar-refractivity contribution in [1.29, 1.82) is 0 Å². The molecule has 2 saturated heterocycles. The predicted molar refractivity (Wildman–Crippen MR) is 216 cm³/mol. The van der Waals surface area contributed by atoms with Crippen molar-refractivity contribution in [3.8, 4) is 11.3 Å². The Kier molecular flexibility index (Phi) is 7.77. The molecule has 5 saturated carbocycles. The highest BCUT2D eigenvalue weighted by Gasteiger charge is 2.63. The van der Waals surface area contributed by atoms with Gasteiger partial charge >= 0.3 is 0 Å². The Morgan fingerprint density at radius 1 is 0.875 bits per heavy atom. The van der Waals surface area contributed by atoms with E-state index in [0.29, 0.717) is 55.3 Å². The Bertz CT molecular complexity index is 2270. The maximum absolute atomic E-state index is 15.0. The highest BCUT2D eigenvalue weighted by Crippen LogP contribution is 2.65. The molecule has 0 unspecified atom stereocenters. The van der Waals surface area contributed by atoms with Gasteiger partial charge in [0.1, 0.15) is 5.52 Å². The van der Waals surface area contributed by atoms with Gasteiger partial charge in [-0.25, -0.2) is 9.97 Å². The van der Waals surface area contributed by atoms with Gasteiger partial charge in [0.2, 0.25) is 11.8 Å². The van der Waals surface area contributed by atoms with Crippen molar-refractivity contribution >= 4 is 45.9 Å². The molecule has 7 fully saturated rings. The summed E-state index contributed by atoms with van der Waals surface area (Å²) in [6.45, 7) is 5.56. The van der Waals surface area contributed by atoms with Crippen LogP contribution in [0.5, 0.6) is 0 Å². The van der Waals surface area contributed by atoms with Crippen LogP contribution in [0.15, 0.2) is 48.8 Å². The maximum Gasteiger partial charge on any atom is 0.251 e. The summed E-state index contributed by atoms with van der Waals surface area (Å²) in [6.07, 6.45) is 14.5. The van der Waals surface area contributed by atoms with Crippen LogP contribution in [0.1, 0.15) is 105 Å². The maximum atomic E-state index is 15.0. The van der Waals surface area contributed by atoms with Crippen molar-refractivity contribution in [1.82, 2.24) is 29.7 Å². The number of likely N-dealkylation sites (tertiary alicyclic amines) is 2. The lowest BCUT2D eigenvalue weighted by molar-refractivity contribution is -0.178. The van der Waals surface area contributed by atoms with Crippen LogP contribution in [0.25, 0.3) is 22.3 Å². The number of amides is 3. The van der Waals surface area contributed by atoms with Crippen LogP contribution >= 0.6 is 0 Å². The lowest BCUT2D eigenvalue weighted by Gasteiger charge is -2.61. The van der Waals surface area contributed by atoms with Gasteiger partial charge in [-0.1, -0.05) is 24.6 Å². The molecule has 2 aromatic carbocycles. The number of hydrogen-bond donors (Lipinski definition) is 2. The largest absolute Gasteiger partial charge is 0.355 e. The van der Waals surface area contributed by atoms with Crippen LogP contribution < -0.4 is 15.5 Å². The molecule has 2 N–H and O–H groups in total. The van der Waals surface area contributed by atoms with Crippen molar-refractivity contribution in [3.63, 3.8) is 0 Å². The van der Waals surface area contributed by atoms with Crippen LogP contribution in [0.3, 0.4) is 0 Å². The van der Waals surface area contributed by atoms with Gasteiger partial charge in [-0.15, -0.1) is 0 Å². The Labute approximate surface area is 328 Å². The molecule has 0 radical (unpaired) electrons. The predicted octanol–water partition coefficient (Wildman–Crippen LogP) is 6.87. The molecule has 4 aromatic rings. The summed E-state index contributed by atoms with van der Waals surface area (Å²) in [4.78, 5) is 58.5. The number of aromatic nitrogens is 3. The topological polar surface area (TPSA) is 116 Å². The monoisotopic (exact) mass is 752 g/mol. The number of aryl methyl sites for hydroxylation is 1. The summed E-state index contributed by atoms with van der Waals surface area (Å²) in [5.41, 5.74) is 7.27. The lowest BCUT2D eigenvalue weighted by atomic mass is 9.44. The number of pyridine rings is 1. The molecule has 56 heavy (non-hydrogen) atoms. The second kappa shape index (κ2) is 12.6. The van der Waals surface area contributed by atoms with Gasteiger partial charge in [-0.3, -0.25) is 14.4 Å². The first-order valence-electron chi connectivity index (χ1n) is 21.2. The quantitative estimate of drug-likeness (QED) is 0.202. The van der Waals surface area contributed by atoms with E-state index in [9.17, 15) is 9.59 Å². The zero-order valence-corrected chi connectivity index (χ0v) is 32.6. The lowest BCUT2D eigenvalue weighted by Crippen LogP contribution is -2.63. The molecule has 0 atom stereocenters. The van der Waals surface area contributed by atoms with E-state index >= 15 is 4.79 Å². The van der Waals surface area contributed by atoms with E-state index in [0.717, 1.165) is 95.7 Å². The second-order valence-corrected chi connectivity index (χ2v) is 18.3. The Morgan fingerprint density at radius 3 is 2.34 bits per heavy atom. The van der Waals surface area contributed by atoms with Crippen molar-refractivity contribution in [3.05, 3.63) is 65.5 Å². The first kappa shape index (κ1) is 34.5. The zero-order valence-electron chi connectivity index (χ0n) is 32.6. The Morgan fingerprint density at radius 2 is 1.64 bits per heavy atom. The number of anilines is 3. The normalized spacial score (nSPS) is 27.8. The van der Waals surface area contributed by atoms with Gasteiger partial charge in [0, 0.05) is 60.8 Å². The van der Waals surface area contributed by atoms with Crippen LogP contribution in [0, 0.1) is 18.3 Å². The standard InChI is InChI=1S/C45H52N8O3/c1-27-6-8-30(19-34(27)41(54)46-2)48-40-39-37(47-26-52(39)31-9-10-31)22-36(49-40)29-7-11-35-38(18-29)53(33-20-32(21-33)50-14-4-3-5-15-50)43(56)45(35)12-16-51(17-13-45)42(55)44-23-28(24-44)25-44/h6-8,11,18-19,22,26,28,31-33H,3-5,9-10,12-17,20-21,23-25H2,1-2H3,(H,46,54)(H,48,49)/t28?,32-,33+,44?. The van der Waals surface area contributed by atoms with E-state index in [4.69, 9.17) is 9.97 Å². The average Bonchev–Trinajstić information content (AvgIpc) is 3.88. The SMILES string of the molecule is CNC(=O)c1cc(Nc2nc(-c3ccc4c(c3)N([C@H]3C[C@@H](N5CCCCC5)C3)C(=O)C43CCN(C(=O)C45CC(C4)C5)CC3)cc3ncn(C4CC4)c23)ccc1C. The van der Waals surface area contributed by atoms with Crippen LogP contribution in [-0.4, -0.2) is 87.4 Å². The Balaban J connectivity index is 0.954. The summed E-state index contributed by atoms with van der Waals surface area (Å²) in [7, 11) is 1.65. The number of nitrogens with one attached hydrogen (secondary N) is 2. The molecular formula is C45H52N8O3. The van der Waals surface area contributed by atoms with Gasteiger partial charge in [0.05, 0.1) is 28.4 Å². The van der Waals surface area contributed by atoms with E-state index in [2.05, 4.69) is 54.2 Å². The molecule has 5 aliphatic carbocycles. The number of carbonyl (C=O) groups excluding carboxylic acids is 3. The molecule has 1 spiro atoms. The number of carbonyl (C=O) groups is 3. The number of nitrogens with zero attached hydrogens (tertiary/aromatic N) is 6. The summed E-state index contributed by atoms with van der Waals surface area (Å²) >= 11 is 0. The number of piperidine rings is 2. The minimum Gasteiger partial charge on any atom is -0.355 e. The van der Waals surface area contributed by atoms with E-state index in [1.807, 2.05) is 31.5 Å². The minimum atomic E-state index is -0.610. The van der Waals surface area contributed by atoms with Gasteiger partial charge in [-0.2, -0.15) is 0 Å². The summed E-state index contributed by atoms with van der Waals surface area (Å²) in [6, 6.07) is 15.6. The average molecular weight is 753 g/mol. The third-order valence-electron chi connectivity index (χ3n) is 14.9. The smallest absolute Gasteiger partial charge is 0.251 e. The first-order valence-corrected chi connectivity index (χ1v) is 21.2. The van der Waals surface area contributed by atoms with Crippen LogP contribution in [-0.2, 0) is 15.0 Å². The van der Waals surface area contributed by atoms with Crippen molar-refractivity contribution < 1.29 is 14.4 Å². The summed E-state index contributed by atoms with van der Waals surface area (Å²) < 4.78 is 2.23. The Hall–Kier alpha value is -4.77. The summed E-state index contributed by atoms with van der Waals surface area (Å²) in [5.74, 6) is 1.89. The highest BCUT2D eigenvalue weighted by molar-refractivity contribution is 6.09. The number of hydrogen-bond acceptors (Lipinski definition) is 7. The van der Waals surface area contributed by atoms with E-state index < -0.39 is 5.41 Å². The molecule has 290 valence electrons. The van der Waals surface area contributed by atoms with Crippen molar-refractivity contribution in [2.75, 3.05) is 43.4 Å². The number of benzene rings is 2. The third-order valence-corrected chi connectivity index (χ3v) is 14.9. The molecule has 12 rings (SSSR count). The molecule has 2 aromatic heterocycles. The molecule has 8 aliphatic rings. The van der Waals surface area contributed by atoms with E-state index in [-0.39, 0.29) is 23.3 Å². The van der Waals surface area contributed by atoms with Gasteiger partial charge in [0.15, 0.2) is 5.82 Å². The van der Waals surface area contributed by atoms with Crippen molar-refractivity contribution in [2.24, 2.45) is 11.3 Å². The molecule has 3 amide bonds. The van der Waals surface area contributed by atoms with E-state index in [1.54, 1.807) is 7.05 Å². The second-order valence-electron chi connectivity index (χ2n) is 18.3. The molecular weight excluding hydrogens is 701 g/mol. The highest BCUT2D eigenvalue weighted by atomic mass is 16.2. The van der Waals surface area contributed by atoms with E-state index in [1.165, 1.54) is 32.4 Å². The molecule has 11 nitrogen and oxygen atoms in total. The zero-order chi connectivity index (χ0) is 37.9. The molecule has 5 heterocycles. The first-order chi connectivity index (χ1) is 27.2. The van der Waals surface area contributed by atoms with Crippen LogP contribution in [0.2, 0.25) is 0 Å². The fourth-order valence-electron chi connectivity index (χ4n) is 11.3. The minimum absolute atomic E-state index is 0.0920. The molecule has 2 bridgehead atoms. The van der Waals surface area contributed by atoms with Gasteiger partial charge in [0.25, 0.3) is 5.91 Å².